The maximum Gasteiger partial charge on any atom is 0.268 e. The molecule has 0 fully saturated rings. The zero-order valence-corrected chi connectivity index (χ0v) is 18.2. The Bertz CT molecular complexity index is 1490. The van der Waals surface area contributed by atoms with Gasteiger partial charge in [-0.15, -0.1) is 0 Å². The zero-order valence-electron chi connectivity index (χ0n) is 16.6. The van der Waals surface area contributed by atoms with Crippen LogP contribution in [-0.2, 0) is 25.6 Å². The Labute approximate surface area is 180 Å². The van der Waals surface area contributed by atoms with Crippen LogP contribution in [0.4, 0.5) is 0 Å². The molecule has 158 valence electrons. The molecule has 0 aliphatic heterocycles. The Balaban J connectivity index is 2.06. The van der Waals surface area contributed by atoms with Crippen LogP contribution in [-0.4, -0.2) is 26.6 Å². The van der Waals surface area contributed by atoms with E-state index in [1.165, 1.54) is 31.2 Å². The Morgan fingerprint density at radius 3 is 1.84 bits per heavy atom. The monoisotopic (exact) mass is 453 g/mol. The largest absolute Gasteiger partial charge is 0.294 e. The van der Waals surface area contributed by atoms with Crippen LogP contribution in [0.1, 0.15) is 23.0 Å². The van der Waals surface area contributed by atoms with Gasteiger partial charge in [0, 0.05) is 10.9 Å². The van der Waals surface area contributed by atoms with Gasteiger partial charge in [0.05, 0.1) is 26.8 Å². The van der Waals surface area contributed by atoms with Crippen LogP contribution in [0.25, 0.3) is 10.9 Å². The van der Waals surface area contributed by atoms with Gasteiger partial charge in [-0.05, 0) is 37.3 Å². The quantitative estimate of drug-likeness (QED) is 0.411. The third kappa shape index (κ3) is 3.68. The molecule has 0 unspecified atom stereocenters. The lowest BCUT2D eigenvalue weighted by Gasteiger charge is -2.13. The summed E-state index contributed by atoms with van der Waals surface area (Å²) >= 11 is 0. The molecule has 0 N–H and O–H groups in total. The first-order chi connectivity index (χ1) is 14.7. The van der Waals surface area contributed by atoms with Gasteiger partial charge in [-0.2, -0.15) is 0 Å². The molecule has 31 heavy (non-hydrogen) atoms. The molecule has 6 nitrogen and oxygen atoms in total. The summed E-state index contributed by atoms with van der Waals surface area (Å²) < 4.78 is 54.5. The number of hydrogen-bond acceptors (Lipinski definition) is 5. The predicted molar refractivity (Wildman–Crippen MR) is 118 cm³/mol. The van der Waals surface area contributed by atoms with Gasteiger partial charge in [-0.3, -0.25) is 4.79 Å². The average molecular weight is 454 g/mol. The molecule has 0 saturated carbocycles. The zero-order chi connectivity index (χ0) is 22.2. The molecule has 0 aliphatic carbocycles. The van der Waals surface area contributed by atoms with Crippen molar-refractivity contribution in [2.24, 2.45) is 0 Å². The van der Waals surface area contributed by atoms with Crippen molar-refractivity contribution in [1.29, 1.82) is 0 Å². The first kappa shape index (κ1) is 21.0. The highest BCUT2D eigenvalue weighted by molar-refractivity contribution is 7.91. The van der Waals surface area contributed by atoms with E-state index >= 15 is 0 Å². The predicted octanol–water partition coefficient (Wildman–Crippen LogP) is 4.05. The summed E-state index contributed by atoms with van der Waals surface area (Å²) in [6, 6.07) is 22.0. The number of Topliss-reactive ketones (excluding diaryl/α,β-unsaturated/α-hetero) is 1. The number of nitrogens with zero attached hydrogens (tertiary/aromatic N) is 1. The third-order valence-corrected chi connectivity index (χ3v) is 8.40. The Morgan fingerprint density at radius 2 is 1.26 bits per heavy atom. The van der Waals surface area contributed by atoms with Crippen LogP contribution < -0.4 is 0 Å². The van der Waals surface area contributed by atoms with Gasteiger partial charge in [0.15, 0.2) is 15.6 Å². The van der Waals surface area contributed by atoms with Crippen molar-refractivity contribution < 1.29 is 21.6 Å². The highest BCUT2D eigenvalue weighted by Gasteiger charge is 2.31. The number of para-hydroxylation sites is 1. The molecule has 0 radical (unpaired) electrons. The number of hydrogen-bond donors (Lipinski definition) is 0. The molecule has 8 heteroatoms. The lowest BCUT2D eigenvalue weighted by molar-refractivity contribution is 0.101. The smallest absolute Gasteiger partial charge is 0.268 e. The van der Waals surface area contributed by atoms with Crippen molar-refractivity contribution in [2.75, 3.05) is 0 Å². The van der Waals surface area contributed by atoms with Crippen LogP contribution >= 0.6 is 0 Å². The maximum absolute atomic E-state index is 13.6. The minimum atomic E-state index is -4.16. The number of carbonyl (C=O) groups is 1. The Hall–Kier alpha value is -3.23. The van der Waals surface area contributed by atoms with E-state index in [4.69, 9.17) is 0 Å². The second-order valence-electron chi connectivity index (χ2n) is 7.05. The van der Waals surface area contributed by atoms with Crippen LogP contribution in [0.15, 0.2) is 94.7 Å². The third-order valence-electron chi connectivity index (χ3n) is 4.99. The first-order valence-corrected chi connectivity index (χ1v) is 12.5. The minimum absolute atomic E-state index is 0.00390. The van der Waals surface area contributed by atoms with Crippen molar-refractivity contribution in [1.82, 2.24) is 3.97 Å². The van der Waals surface area contributed by atoms with Gasteiger partial charge < -0.3 is 0 Å². The highest BCUT2D eigenvalue weighted by atomic mass is 32.2. The van der Waals surface area contributed by atoms with Crippen molar-refractivity contribution in [2.45, 2.75) is 22.5 Å². The molecule has 0 spiro atoms. The second-order valence-corrected chi connectivity index (χ2v) is 10.8. The summed E-state index contributed by atoms with van der Waals surface area (Å²) in [6.07, 6.45) is 0. The molecule has 1 aromatic heterocycles. The first-order valence-electron chi connectivity index (χ1n) is 9.45. The van der Waals surface area contributed by atoms with E-state index in [-0.39, 0.29) is 26.6 Å². The molecule has 1 heterocycles. The number of ketones is 1. The average Bonchev–Trinajstić information content (AvgIpc) is 3.09. The van der Waals surface area contributed by atoms with Crippen molar-refractivity contribution in [3.8, 4) is 0 Å². The van der Waals surface area contributed by atoms with E-state index in [2.05, 4.69) is 0 Å². The van der Waals surface area contributed by atoms with E-state index in [1.807, 2.05) is 0 Å². The number of carbonyl (C=O) groups excluding carboxylic acids is 1. The number of aromatic nitrogens is 1. The lowest BCUT2D eigenvalue weighted by atomic mass is 10.1. The fourth-order valence-corrected chi connectivity index (χ4v) is 6.68. The fourth-order valence-electron chi connectivity index (χ4n) is 3.65. The minimum Gasteiger partial charge on any atom is -0.294 e. The van der Waals surface area contributed by atoms with E-state index < -0.39 is 31.4 Å². The van der Waals surface area contributed by atoms with E-state index in [1.54, 1.807) is 60.7 Å². The number of sulfone groups is 1. The molecule has 0 atom stereocenters. The van der Waals surface area contributed by atoms with Gasteiger partial charge in [0.1, 0.15) is 0 Å². The molecule has 4 rings (SSSR count). The van der Waals surface area contributed by atoms with E-state index in [0.29, 0.717) is 5.39 Å². The molecule has 0 bridgehead atoms. The van der Waals surface area contributed by atoms with Crippen LogP contribution in [0, 0.1) is 0 Å². The second kappa shape index (κ2) is 7.79. The highest BCUT2D eigenvalue weighted by Crippen LogP contribution is 2.33. The Morgan fingerprint density at radius 1 is 0.742 bits per heavy atom. The van der Waals surface area contributed by atoms with Gasteiger partial charge in [-0.25, -0.2) is 20.8 Å². The molecular formula is C23H19NO5S2. The summed E-state index contributed by atoms with van der Waals surface area (Å²) in [4.78, 5) is 12.6. The summed E-state index contributed by atoms with van der Waals surface area (Å²) in [7, 11) is -8.08. The normalized spacial score (nSPS) is 12.2. The molecule has 3 aromatic carbocycles. The molecule has 4 aromatic rings. The van der Waals surface area contributed by atoms with Crippen molar-refractivity contribution >= 4 is 36.5 Å². The summed E-state index contributed by atoms with van der Waals surface area (Å²) in [5.41, 5.74) is 0.283. The standard InChI is InChI=1S/C23H19NO5S2/c1-17(25)23-20-14-8-9-15-21(20)24(31(28,29)19-12-6-3-7-13-19)22(23)16-30(26,27)18-10-4-2-5-11-18/h2-15H,16H2,1H3. The molecular weight excluding hydrogens is 434 g/mol. The number of benzene rings is 3. The summed E-state index contributed by atoms with van der Waals surface area (Å²) in [5, 5.41) is 0.396. The van der Waals surface area contributed by atoms with Gasteiger partial charge in [0.25, 0.3) is 10.0 Å². The summed E-state index contributed by atoms with van der Waals surface area (Å²) in [6.45, 7) is 1.31. The van der Waals surface area contributed by atoms with Crippen LogP contribution in [0.2, 0.25) is 0 Å². The van der Waals surface area contributed by atoms with E-state index in [9.17, 15) is 21.6 Å². The SMILES string of the molecule is CC(=O)c1c(CS(=O)(=O)c2ccccc2)n(S(=O)(=O)c2ccccc2)c2ccccc12. The van der Waals surface area contributed by atoms with Gasteiger partial charge >= 0.3 is 0 Å². The number of fused-ring (bicyclic) bond motifs is 1. The number of rotatable bonds is 6. The van der Waals surface area contributed by atoms with Gasteiger partial charge in [0.2, 0.25) is 0 Å². The summed E-state index contributed by atoms with van der Waals surface area (Å²) in [5.74, 6) is -1.04. The maximum atomic E-state index is 13.6. The van der Waals surface area contributed by atoms with Crippen LogP contribution in [0.5, 0.6) is 0 Å². The lowest BCUT2D eigenvalue weighted by Crippen LogP contribution is -2.19. The molecule has 0 aliphatic rings. The van der Waals surface area contributed by atoms with Gasteiger partial charge in [-0.1, -0.05) is 54.6 Å². The van der Waals surface area contributed by atoms with Crippen molar-refractivity contribution in [3.63, 3.8) is 0 Å². The van der Waals surface area contributed by atoms with E-state index in [0.717, 1.165) is 3.97 Å². The fraction of sp³-hybridized carbons (Fsp3) is 0.0870. The van der Waals surface area contributed by atoms with Crippen molar-refractivity contribution in [3.05, 3.63) is 96.2 Å². The topological polar surface area (TPSA) is 90.3 Å². The Kier molecular flexibility index (Phi) is 5.28. The molecule has 0 saturated heterocycles. The van der Waals surface area contributed by atoms with Crippen LogP contribution in [0.3, 0.4) is 0 Å². The molecule has 0 amide bonds.